The fourth-order valence-electron chi connectivity index (χ4n) is 2.99. The van der Waals surface area contributed by atoms with Crippen LogP contribution in [-0.2, 0) is 4.74 Å². The first-order valence-corrected chi connectivity index (χ1v) is 10.3. The van der Waals surface area contributed by atoms with Crippen LogP contribution in [0.15, 0.2) is 18.2 Å². The number of carbonyl (C=O) groups is 1. The summed E-state index contributed by atoms with van der Waals surface area (Å²) in [5.74, 6) is 1.70. The molecule has 0 bridgehead atoms. The number of halogens is 1. The molecule has 1 amide bonds. The van der Waals surface area contributed by atoms with Crippen LogP contribution in [-0.4, -0.2) is 61.5 Å². The van der Waals surface area contributed by atoms with Gasteiger partial charge in [0.1, 0.15) is 11.9 Å². The van der Waals surface area contributed by atoms with Gasteiger partial charge >= 0.3 is 6.09 Å². The highest BCUT2D eigenvalue weighted by Gasteiger charge is 2.33. The van der Waals surface area contributed by atoms with Gasteiger partial charge in [-0.3, -0.25) is 4.90 Å². The molecule has 0 radical (unpaired) electrons. The zero-order chi connectivity index (χ0) is 18.5. The van der Waals surface area contributed by atoms with E-state index < -0.39 is 6.09 Å². The van der Waals surface area contributed by atoms with Crippen molar-refractivity contribution >= 4 is 46.6 Å². The van der Waals surface area contributed by atoms with E-state index in [1.54, 1.807) is 12.1 Å². The summed E-state index contributed by atoms with van der Waals surface area (Å²) >= 11 is 6.98. The Labute approximate surface area is 162 Å². The molecule has 9 heteroatoms. The molecule has 142 valence electrons. The maximum absolute atomic E-state index is 14.6. The maximum Gasteiger partial charge on any atom is 0.414 e. The number of benzene rings is 1. The summed E-state index contributed by atoms with van der Waals surface area (Å²) in [7, 11) is 0. The molecule has 2 N–H and O–H groups in total. The maximum atomic E-state index is 14.6. The first-order chi connectivity index (χ1) is 12.6. The lowest BCUT2D eigenvalue weighted by Gasteiger charge is -2.29. The number of rotatable bonds is 5. The number of anilines is 2. The van der Waals surface area contributed by atoms with Crippen LogP contribution < -0.4 is 20.4 Å². The fraction of sp³-hybridized carbons (Fsp3) is 0.529. The van der Waals surface area contributed by atoms with Gasteiger partial charge in [-0.15, -0.1) is 0 Å². The Morgan fingerprint density at radius 1 is 1.38 bits per heavy atom. The van der Waals surface area contributed by atoms with E-state index in [4.69, 9.17) is 17.0 Å². The molecule has 0 aliphatic carbocycles. The summed E-state index contributed by atoms with van der Waals surface area (Å²) in [5, 5.41) is 6.52. The lowest BCUT2D eigenvalue weighted by Crippen LogP contribution is -2.40. The predicted molar refractivity (Wildman–Crippen MR) is 108 cm³/mol. The molecular weight excluding hydrogens is 375 g/mol. The molecule has 3 rings (SSSR count). The van der Waals surface area contributed by atoms with Crippen molar-refractivity contribution in [3.8, 4) is 0 Å². The highest BCUT2D eigenvalue weighted by atomic mass is 32.2. The lowest BCUT2D eigenvalue weighted by atomic mass is 10.2. The fourth-order valence-corrected chi connectivity index (χ4v) is 4.12. The molecule has 0 aromatic heterocycles. The Bertz CT molecular complexity index is 670. The molecule has 0 unspecified atom stereocenters. The zero-order valence-corrected chi connectivity index (χ0v) is 16.3. The van der Waals surface area contributed by atoms with Gasteiger partial charge in [-0.1, -0.05) is 0 Å². The minimum Gasteiger partial charge on any atom is -0.442 e. The van der Waals surface area contributed by atoms with Crippen molar-refractivity contribution in [2.45, 2.75) is 13.0 Å². The van der Waals surface area contributed by atoms with E-state index in [9.17, 15) is 9.18 Å². The summed E-state index contributed by atoms with van der Waals surface area (Å²) in [4.78, 5) is 15.7. The van der Waals surface area contributed by atoms with E-state index in [0.717, 1.165) is 31.1 Å². The minimum absolute atomic E-state index is 0.308. The third-order valence-electron chi connectivity index (χ3n) is 4.30. The van der Waals surface area contributed by atoms with Crippen molar-refractivity contribution < 1.29 is 13.9 Å². The third-order valence-corrected chi connectivity index (χ3v) is 5.53. The third kappa shape index (κ3) is 4.50. The van der Waals surface area contributed by atoms with Gasteiger partial charge in [0.2, 0.25) is 0 Å². The molecule has 0 spiro atoms. The van der Waals surface area contributed by atoms with Crippen LogP contribution in [0.2, 0.25) is 0 Å². The van der Waals surface area contributed by atoms with Gasteiger partial charge in [-0.05, 0) is 37.3 Å². The number of nitrogens with one attached hydrogen (secondary N) is 2. The lowest BCUT2D eigenvalue weighted by molar-refractivity contribution is 0.143. The predicted octanol–water partition coefficient (Wildman–Crippen LogP) is 2.19. The molecular formula is C17H23FN4O2S2. The Balaban J connectivity index is 1.62. The van der Waals surface area contributed by atoms with Crippen LogP contribution in [0.1, 0.15) is 6.92 Å². The standard InChI is InChI=1S/C17H23FN4O2S2/c1-2-19-16(25)20-10-13-11-22(17(23)24-13)12-3-4-15(14(18)9-12)21-5-7-26-8-6-21/h3-4,9,13H,2,5-8,10-11H2,1H3,(H2,19,20,25)/t13-/m0/s1. The van der Waals surface area contributed by atoms with Crippen LogP contribution in [0.25, 0.3) is 0 Å². The summed E-state index contributed by atoms with van der Waals surface area (Å²) in [6.45, 7) is 5.13. The van der Waals surface area contributed by atoms with Gasteiger partial charge in [-0.2, -0.15) is 11.8 Å². The summed E-state index contributed by atoms with van der Waals surface area (Å²) in [5.41, 5.74) is 1.11. The number of thioether (sulfide) groups is 1. The Hall–Kier alpha value is -1.74. The Kier molecular flexibility index (Phi) is 6.42. The molecule has 0 saturated carbocycles. The average molecular weight is 399 g/mol. The number of thiocarbonyl (C=S) groups is 1. The number of nitrogens with zero attached hydrogens (tertiary/aromatic N) is 2. The summed E-state index contributed by atoms with van der Waals surface area (Å²) in [6.07, 6.45) is -0.798. The van der Waals surface area contributed by atoms with Crippen LogP contribution in [0, 0.1) is 5.82 Å². The van der Waals surface area contributed by atoms with Crippen LogP contribution in [0.3, 0.4) is 0 Å². The van der Waals surface area contributed by atoms with Crippen LogP contribution in [0.4, 0.5) is 20.6 Å². The van der Waals surface area contributed by atoms with Crippen molar-refractivity contribution in [3.05, 3.63) is 24.0 Å². The number of hydrogen-bond donors (Lipinski definition) is 2. The van der Waals surface area contributed by atoms with Crippen LogP contribution in [0.5, 0.6) is 0 Å². The van der Waals surface area contributed by atoms with E-state index in [1.165, 1.54) is 11.0 Å². The summed E-state index contributed by atoms with van der Waals surface area (Å²) in [6, 6.07) is 4.94. The number of cyclic esters (lactones) is 1. The molecule has 2 aliphatic rings. The first-order valence-electron chi connectivity index (χ1n) is 8.70. The number of amides is 1. The molecule has 2 fully saturated rings. The van der Waals surface area contributed by atoms with Gasteiger partial charge < -0.3 is 20.3 Å². The molecule has 26 heavy (non-hydrogen) atoms. The minimum atomic E-state index is -0.465. The van der Waals surface area contributed by atoms with Crippen LogP contribution >= 0.6 is 24.0 Å². The van der Waals surface area contributed by atoms with E-state index in [2.05, 4.69) is 10.6 Å². The molecule has 2 saturated heterocycles. The van der Waals surface area contributed by atoms with E-state index in [-0.39, 0.29) is 11.9 Å². The molecule has 6 nitrogen and oxygen atoms in total. The second-order valence-corrected chi connectivity index (χ2v) is 7.72. The average Bonchev–Trinajstić information content (AvgIpc) is 3.02. The highest BCUT2D eigenvalue weighted by molar-refractivity contribution is 7.99. The molecule has 2 aliphatic heterocycles. The van der Waals surface area contributed by atoms with Gasteiger partial charge in [0.05, 0.1) is 24.5 Å². The zero-order valence-electron chi connectivity index (χ0n) is 14.7. The highest BCUT2D eigenvalue weighted by Crippen LogP contribution is 2.29. The Morgan fingerprint density at radius 2 is 2.15 bits per heavy atom. The van der Waals surface area contributed by atoms with Crippen molar-refractivity contribution in [2.75, 3.05) is 54.0 Å². The molecule has 1 atom stereocenters. The van der Waals surface area contributed by atoms with Gasteiger partial charge in [0, 0.05) is 31.1 Å². The van der Waals surface area contributed by atoms with Gasteiger partial charge in [0.25, 0.3) is 0 Å². The SMILES string of the molecule is CCNC(=S)NC[C@H]1CN(c2ccc(N3CCSCC3)c(F)c2)C(=O)O1. The monoisotopic (exact) mass is 398 g/mol. The van der Waals surface area contributed by atoms with Crippen molar-refractivity contribution in [1.82, 2.24) is 10.6 Å². The van der Waals surface area contributed by atoms with Gasteiger partial charge in [-0.25, -0.2) is 9.18 Å². The first kappa shape index (κ1) is 19.0. The number of hydrogen-bond acceptors (Lipinski definition) is 5. The number of carbonyl (C=O) groups excluding carboxylic acids is 1. The van der Waals surface area contributed by atoms with Crippen molar-refractivity contribution in [3.63, 3.8) is 0 Å². The van der Waals surface area contributed by atoms with E-state index >= 15 is 0 Å². The normalized spacial score (nSPS) is 20.1. The number of ether oxygens (including phenoxy) is 1. The Morgan fingerprint density at radius 3 is 2.85 bits per heavy atom. The largest absolute Gasteiger partial charge is 0.442 e. The van der Waals surface area contributed by atoms with Crippen molar-refractivity contribution in [2.24, 2.45) is 0 Å². The van der Waals surface area contributed by atoms with Gasteiger partial charge in [0.15, 0.2) is 5.11 Å². The molecule has 1 aromatic carbocycles. The molecule has 2 heterocycles. The second-order valence-electron chi connectivity index (χ2n) is 6.09. The second kappa shape index (κ2) is 8.77. The summed E-state index contributed by atoms with van der Waals surface area (Å²) < 4.78 is 19.9. The van der Waals surface area contributed by atoms with Crippen molar-refractivity contribution in [1.29, 1.82) is 0 Å². The smallest absolute Gasteiger partial charge is 0.414 e. The topological polar surface area (TPSA) is 56.8 Å². The molecule has 1 aromatic rings. The van der Waals surface area contributed by atoms with E-state index in [0.29, 0.717) is 29.6 Å². The van der Waals surface area contributed by atoms with E-state index in [1.807, 2.05) is 23.6 Å². The quantitative estimate of drug-likeness (QED) is 0.738.